The van der Waals surface area contributed by atoms with E-state index in [-0.39, 0.29) is 30.3 Å². The van der Waals surface area contributed by atoms with Crippen LogP contribution in [-0.4, -0.2) is 29.7 Å². The maximum atomic E-state index is 14.1. The molecule has 232 valence electrons. The molecule has 0 saturated heterocycles. The van der Waals surface area contributed by atoms with Gasteiger partial charge in [0.05, 0.1) is 38.1 Å². The number of benzene rings is 3. The lowest BCUT2D eigenvalue weighted by Crippen LogP contribution is -2.40. The van der Waals surface area contributed by atoms with E-state index in [1.807, 2.05) is 0 Å². The zero-order valence-corrected chi connectivity index (χ0v) is 28.9. The highest BCUT2D eigenvalue weighted by Gasteiger charge is 2.34. The summed E-state index contributed by atoms with van der Waals surface area (Å²) in [5.41, 5.74) is 2.81. The molecule has 0 fully saturated rings. The van der Waals surface area contributed by atoms with Crippen LogP contribution < -0.4 is 19.6 Å². The van der Waals surface area contributed by atoms with E-state index < -0.39 is 12.0 Å². The molecule has 5 rings (SSSR count). The Hall–Kier alpha value is -3.45. The van der Waals surface area contributed by atoms with Gasteiger partial charge in [0, 0.05) is 15.6 Å². The highest BCUT2D eigenvalue weighted by molar-refractivity contribution is 14.1. The number of halogens is 3. The Kier molecular flexibility index (Phi) is 10.5. The van der Waals surface area contributed by atoms with E-state index >= 15 is 0 Å². The minimum absolute atomic E-state index is 0.168. The van der Waals surface area contributed by atoms with Gasteiger partial charge in [-0.05, 0) is 90.9 Å². The van der Waals surface area contributed by atoms with Crippen molar-refractivity contribution in [1.82, 2.24) is 4.57 Å². The van der Waals surface area contributed by atoms with Crippen molar-refractivity contribution in [3.05, 3.63) is 127 Å². The zero-order valence-electron chi connectivity index (χ0n) is 24.4. The molecule has 0 N–H and O–H groups in total. The van der Waals surface area contributed by atoms with Crippen molar-refractivity contribution in [1.29, 1.82) is 0 Å². The van der Waals surface area contributed by atoms with Crippen LogP contribution in [0.5, 0.6) is 5.75 Å². The molecule has 0 amide bonds. The Bertz CT molecular complexity index is 2000. The number of aromatic nitrogens is 1. The molecule has 0 radical (unpaired) electrons. The molecule has 45 heavy (non-hydrogen) atoms. The first-order valence-electron chi connectivity index (χ1n) is 13.9. The molecule has 0 bridgehead atoms. The lowest BCUT2D eigenvalue weighted by Gasteiger charge is -2.25. The molecule has 4 aromatic rings. The third-order valence-corrected chi connectivity index (χ3v) is 9.24. The van der Waals surface area contributed by atoms with Gasteiger partial charge in [0.15, 0.2) is 4.80 Å². The van der Waals surface area contributed by atoms with Crippen molar-refractivity contribution < 1.29 is 23.8 Å². The highest BCUT2D eigenvalue weighted by Crippen LogP contribution is 2.35. The van der Waals surface area contributed by atoms with Gasteiger partial charge < -0.3 is 14.2 Å². The maximum Gasteiger partial charge on any atom is 0.338 e. The van der Waals surface area contributed by atoms with Crippen molar-refractivity contribution >= 4 is 75.1 Å². The van der Waals surface area contributed by atoms with E-state index in [1.54, 1.807) is 87.5 Å². The lowest BCUT2D eigenvalue weighted by molar-refractivity contribution is -0.139. The summed E-state index contributed by atoms with van der Waals surface area (Å²) in [6, 6.07) is 16.7. The molecule has 0 saturated carbocycles. The van der Waals surface area contributed by atoms with E-state index in [2.05, 4.69) is 27.6 Å². The van der Waals surface area contributed by atoms with E-state index in [9.17, 15) is 14.4 Å². The maximum absolute atomic E-state index is 14.1. The summed E-state index contributed by atoms with van der Waals surface area (Å²) in [6.45, 7) is 5.87. The quantitative estimate of drug-likeness (QED) is 0.143. The minimum Gasteiger partial charge on any atom is -0.487 e. The first-order valence-corrected chi connectivity index (χ1v) is 16.6. The van der Waals surface area contributed by atoms with Crippen LogP contribution in [0, 0.1) is 3.57 Å². The van der Waals surface area contributed by atoms with E-state index in [0.717, 1.165) is 9.13 Å². The van der Waals surface area contributed by atoms with Crippen molar-refractivity contribution in [2.24, 2.45) is 4.99 Å². The third-order valence-electron chi connectivity index (χ3n) is 6.89. The second kappa shape index (κ2) is 14.3. The molecular formula is C33H27Cl2IN2O6S. The number of allylic oxidation sites excluding steroid dienone is 1. The summed E-state index contributed by atoms with van der Waals surface area (Å²) in [7, 11) is 0. The largest absolute Gasteiger partial charge is 0.487 e. The Morgan fingerprint density at radius 2 is 1.71 bits per heavy atom. The predicted octanol–water partition coefficient (Wildman–Crippen LogP) is 6.47. The van der Waals surface area contributed by atoms with Crippen LogP contribution in [0.15, 0.2) is 81.7 Å². The van der Waals surface area contributed by atoms with E-state index in [0.29, 0.717) is 54.1 Å². The minimum atomic E-state index is -0.830. The number of hydrogen-bond donors (Lipinski definition) is 0. The fraction of sp³-hybridized carbons (Fsp3) is 0.212. The monoisotopic (exact) mass is 776 g/mol. The molecule has 8 nitrogen and oxygen atoms in total. The van der Waals surface area contributed by atoms with Gasteiger partial charge in [0.2, 0.25) is 0 Å². The van der Waals surface area contributed by atoms with Crippen molar-refractivity contribution in [2.75, 3.05) is 13.2 Å². The standard InChI is InChI=1S/C33H27Cl2IN2O6S/c1-4-42-31(40)20-12-10-19(11-13-20)17-44-29-21(14-22(34)16-25(29)36)15-26-30(39)38-28(23-8-6-7-9-24(23)35)27(32(41)43-5-2)18(3)37-33(38)45-26/h6-16,28H,4-5,17H2,1-3H3/b26-15-/t28-/m1/s1. The van der Waals surface area contributed by atoms with Crippen LogP contribution in [0.3, 0.4) is 0 Å². The number of thiazole rings is 1. The topological polar surface area (TPSA) is 96.2 Å². The molecule has 0 spiro atoms. The van der Waals surface area contributed by atoms with E-state index in [1.165, 1.54) is 15.9 Å². The van der Waals surface area contributed by atoms with Crippen molar-refractivity contribution in [3.63, 3.8) is 0 Å². The number of hydrogen-bond acceptors (Lipinski definition) is 8. The van der Waals surface area contributed by atoms with Gasteiger partial charge >= 0.3 is 11.9 Å². The molecule has 1 atom stereocenters. The van der Waals surface area contributed by atoms with Crippen LogP contribution >= 0.6 is 57.1 Å². The normalized spacial score (nSPS) is 14.5. The first-order chi connectivity index (χ1) is 21.6. The summed E-state index contributed by atoms with van der Waals surface area (Å²) >= 11 is 16.4. The number of nitrogens with zero attached hydrogens (tertiary/aromatic N) is 2. The number of rotatable bonds is 9. The van der Waals surface area contributed by atoms with E-state index in [4.69, 9.17) is 37.4 Å². The second-order valence-electron chi connectivity index (χ2n) is 9.84. The van der Waals surface area contributed by atoms with Crippen molar-refractivity contribution in [2.45, 2.75) is 33.4 Å². The lowest BCUT2D eigenvalue weighted by atomic mass is 9.96. The fourth-order valence-corrected chi connectivity index (χ4v) is 7.36. The summed E-state index contributed by atoms with van der Waals surface area (Å²) in [5.74, 6) is -0.415. The molecule has 0 aliphatic carbocycles. The third kappa shape index (κ3) is 7.04. The molecule has 12 heteroatoms. The first kappa shape index (κ1) is 32.9. The molecule has 0 unspecified atom stereocenters. The van der Waals surface area contributed by atoms with Gasteiger partial charge in [-0.15, -0.1) is 0 Å². The Labute approximate surface area is 286 Å². The van der Waals surface area contributed by atoms with Crippen LogP contribution in [0.1, 0.15) is 53.9 Å². The van der Waals surface area contributed by atoms with Gasteiger partial charge in [-0.2, -0.15) is 0 Å². The summed E-state index contributed by atoms with van der Waals surface area (Å²) in [6.07, 6.45) is 1.71. The SMILES string of the molecule is CCOC(=O)C1=C(C)N=c2s/c(=C\c3cc(Cl)cc(I)c3OCc3ccc(C(=O)OCC)cc3)c(=O)n2[C@@H]1c1ccccc1Cl. The average molecular weight is 777 g/mol. The zero-order chi connectivity index (χ0) is 32.2. The predicted molar refractivity (Wildman–Crippen MR) is 183 cm³/mol. The van der Waals surface area contributed by atoms with Gasteiger partial charge in [-0.25, -0.2) is 14.6 Å². The van der Waals surface area contributed by atoms with Crippen LogP contribution in [-0.2, 0) is 20.9 Å². The number of ether oxygens (including phenoxy) is 3. The Morgan fingerprint density at radius 3 is 2.40 bits per heavy atom. The van der Waals surface area contributed by atoms with Crippen molar-refractivity contribution in [3.8, 4) is 5.75 Å². The number of fused-ring (bicyclic) bond motifs is 1. The smallest absolute Gasteiger partial charge is 0.338 e. The highest BCUT2D eigenvalue weighted by atomic mass is 127. The van der Waals surface area contributed by atoms with Crippen LogP contribution in [0.2, 0.25) is 10.0 Å². The van der Waals surface area contributed by atoms with Crippen LogP contribution in [0.4, 0.5) is 0 Å². The van der Waals surface area contributed by atoms with Gasteiger partial charge in [0.25, 0.3) is 5.56 Å². The number of carbonyl (C=O) groups excluding carboxylic acids is 2. The Morgan fingerprint density at radius 1 is 1.02 bits per heavy atom. The molecule has 3 aromatic carbocycles. The van der Waals surface area contributed by atoms with Gasteiger partial charge in [-0.3, -0.25) is 9.36 Å². The van der Waals surface area contributed by atoms with Gasteiger partial charge in [0.1, 0.15) is 18.4 Å². The average Bonchev–Trinajstić information content (AvgIpc) is 3.30. The van der Waals surface area contributed by atoms with Crippen LogP contribution in [0.25, 0.3) is 6.08 Å². The second-order valence-corrected chi connectivity index (χ2v) is 12.9. The molecule has 1 aliphatic heterocycles. The molecule has 2 heterocycles. The molecule has 1 aliphatic rings. The molecular weight excluding hydrogens is 750 g/mol. The molecule has 1 aromatic heterocycles. The number of esters is 2. The summed E-state index contributed by atoms with van der Waals surface area (Å²) in [4.78, 5) is 44.3. The number of carbonyl (C=O) groups is 2. The Balaban J connectivity index is 1.57. The summed E-state index contributed by atoms with van der Waals surface area (Å²) < 4.78 is 19.3. The fourth-order valence-electron chi connectivity index (χ4n) is 4.87. The summed E-state index contributed by atoms with van der Waals surface area (Å²) in [5, 5.41) is 0.878. The van der Waals surface area contributed by atoms with Gasteiger partial charge in [-0.1, -0.05) is 64.9 Å².